The molecule has 0 radical (unpaired) electrons. The standard InChI is InChI=1S/C12H7N5O2/c13-3-4-16-11(18)12(19)17-10-2-1-8(6-14)9(5-10)7-15/h1-2,5H,4H2,(H,16,18)(H,17,19). The van der Waals surface area contributed by atoms with Crippen molar-refractivity contribution < 1.29 is 9.59 Å². The Bertz CT molecular complexity index is 646. The van der Waals surface area contributed by atoms with Gasteiger partial charge in [-0.05, 0) is 18.2 Å². The first-order chi connectivity index (χ1) is 9.12. The molecule has 0 saturated heterocycles. The molecule has 1 aromatic carbocycles. The Morgan fingerprint density at radius 1 is 1.05 bits per heavy atom. The van der Waals surface area contributed by atoms with Gasteiger partial charge >= 0.3 is 11.8 Å². The lowest BCUT2D eigenvalue weighted by Crippen LogP contribution is -2.35. The Kier molecular flexibility index (Phi) is 4.60. The van der Waals surface area contributed by atoms with Crippen LogP contribution in [0.4, 0.5) is 5.69 Å². The lowest BCUT2D eigenvalue weighted by molar-refractivity contribution is -0.136. The van der Waals surface area contributed by atoms with Crippen molar-refractivity contribution in [1.29, 1.82) is 15.8 Å². The summed E-state index contributed by atoms with van der Waals surface area (Å²) in [6.07, 6.45) is 0. The van der Waals surface area contributed by atoms with E-state index >= 15 is 0 Å². The van der Waals surface area contributed by atoms with E-state index in [1.165, 1.54) is 18.2 Å². The zero-order valence-electron chi connectivity index (χ0n) is 9.60. The van der Waals surface area contributed by atoms with E-state index in [0.29, 0.717) is 0 Å². The van der Waals surface area contributed by atoms with Crippen molar-refractivity contribution in [3.05, 3.63) is 29.3 Å². The molecule has 0 aliphatic rings. The van der Waals surface area contributed by atoms with Gasteiger partial charge in [0.1, 0.15) is 18.7 Å². The van der Waals surface area contributed by atoms with E-state index < -0.39 is 11.8 Å². The number of rotatable bonds is 2. The topological polar surface area (TPSA) is 130 Å². The van der Waals surface area contributed by atoms with Gasteiger partial charge in [0.2, 0.25) is 0 Å². The summed E-state index contributed by atoms with van der Waals surface area (Å²) in [5.41, 5.74) is 0.486. The molecule has 0 atom stereocenters. The smallest absolute Gasteiger partial charge is 0.313 e. The van der Waals surface area contributed by atoms with Crippen LogP contribution in [-0.4, -0.2) is 18.4 Å². The summed E-state index contributed by atoms with van der Waals surface area (Å²) < 4.78 is 0. The zero-order chi connectivity index (χ0) is 14.3. The lowest BCUT2D eigenvalue weighted by atomic mass is 10.1. The highest BCUT2D eigenvalue weighted by atomic mass is 16.2. The third-order valence-corrected chi connectivity index (χ3v) is 2.05. The van der Waals surface area contributed by atoms with E-state index in [1.807, 2.05) is 6.07 Å². The molecule has 1 rings (SSSR count). The van der Waals surface area contributed by atoms with Crippen molar-refractivity contribution in [3.8, 4) is 18.2 Å². The number of carbonyl (C=O) groups excluding carboxylic acids is 2. The minimum Gasteiger partial charge on any atom is -0.335 e. The van der Waals surface area contributed by atoms with E-state index in [2.05, 4.69) is 10.6 Å². The SMILES string of the molecule is N#CCNC(=O)C(=O)Nc1ccc(C#N)c(C#N)c1. The van der Waals surface area contributed by atoms with Gasteiger partial charge in [-0.2, -0.15) is 15.8 Å². The van der Waals surface area contributed by atoms with Crippen molar-refractivity contribution in [2.24, 2.45) is 0 Å². The van der Waals surface area contributed by atoms with E-state index in [9.17, 15) is 9.59 Å². The van der Waals surface area contributed by atoms with Gasteiger partial charge in [-0.15, -0.1) is 0 Å². The molecule has 1 aromatic rings. The number of amides is 2. The number of carbonyl (C=O) groups is 2. The first kappa shape index (κ1) is 13.7. The maximum Gasteiger partial charge on any atom is 0.313 e. The molecular formula is C12H7N5O2. The van der Waals surface area contributed by atoms with Crippen molar-refractivity contribution in [1.82, 2.24) is 5.32 Å². The van der Waals surface area contributed by atoms with E-state index in [0.717, 1.165) is 0 Å². The predicted molar refractivity (Wildman–Crippen MR) is 63.1 cm³/mol. The average Bonchev–Trinajstić information content (AvgIpc) is 2.44. The monoisotopic (exact) mass is 253 g/mol. The molecule has 7 nitrogen and oxygen atoms in total. The van der Waals surface area contributed by atoms with E-state index in [1.54, 1.807) is 12.1 Å². The summed E-state index contributed by atoms with van der Waals surface area (Å²) in [4.78, 5) is 22.6. The van der Waals surface area contributed by atoms with Crippen LogP contribution in [0.25, 0.3) is 0 Å². The van der Waals surface area contributed by atoms with Crippen LogP contribution in [0.5, 0.6) is 0 Å². The van der Waals surface area contributed by atoms with Gasteiger partial charge in [-0.25, -0.2) is 0 Å². The first-order valence-electron chi connectivity index (χ1n) is 5.02. The molecule has 2 N–H and O–H groups in total. The van der Waals surface area contributed by atoms with Crippen LogP contribution in [0.1, 0.15) is 11.1 Å². The van der Waals surface area contributed by atoms with Crippen molar-refractivity contribution >= 4 is 17.5 Å². The van der Waals surface area contributed by atoms with Crippen LogP contribution in [0, 0.1) is 34.0 Å². The summed E-state index contributed by atoms with van der Waals surface area (Å²) in [5.74, 6) is -1.91. The van der Waals surface area contributed by atoms with Crippen molar-refractivity contribution in [2.45, 2.75) is 0 Å². The Labute approximate surface area is 108 Å². The molecule has 92 valence electrons. The highest BCUT2D eigenvalue weighted by molar-refractivity contribution is 6.39. The molecule has 0 fully saturated rings. The highest BCUT2D eigenvalue weighted by Crippen LogP contribution is 2.14. The predicted octanol–water partition coefficient (Wildman–Crippen LogP) is 0.00824. The van der Waals surface area contributed by atoms with Crippen LogP contribution in [0.15, 0.2) is 18.2 Å². The molecule has 19 heavy (non-hydrogen) atoms. The average molecular weight is 253 g/mol. The van der Waals surface area contributed by atoms with Crippen LogP contribution >= 0.6 is 0 Å². The minimum atomic E-state index is -0.955. The number of nitrogens with one attached hydrogen (secondary N) is 2. The van der Waals surface area contributed by atoms with Gasteiger partial charge < -0.3 is 10.6 Å². The first-order valence-corrected chi connectivity index (χ1v) is 5.02. The molecule has 7 heteroatoms. The summed E-state index contributed by atoms with van der Waals surface area (Å²) in [6, 6.07) is 9.34. The van der Waals surface area contributed by atoms with Crippen LogP contribution < -0.4 is 10.6 Å². The fourth-order valence-electron chi connectivity index (χ4n) is 1.20. The highest BCUT2D eigenvalue weighted by Gasteiger charge is 2.13. The summed E-state index contributed by atoms with van der Waals surface area (Å²) in [7, 11) is 0. The number of benzene rings is 1. The molecule has 0 unspecified atom stereocenters. The van der Waals surface area contributed by atoms with Crippen LogP contribution in [-0.2, 0) is 9.59 Å². The summed E-state index contributed by atoms with van der Waals surface area (Å²) in [5, 5.41) is 30.1. The lowest BCUT2D eigenvalue weighted by Gasteiger charge is -2.05. The van der Waals surface area contributed by atoms with Crippen molar-refractivity contribution in [3.63, 3.8) is 0 Å². The molecule has 0 aliphatic carbocycles. The van der Waals surface area contributed by atoms with E-state index in [-0.39, 0.29) is 23.4 Å². The van der Waals surface area contributed by atoms with Gasteiger partial charge in [-0.3, -0.25) is 9.59 Å². The Balaban J connectivity index is 2.82. The second kappa shape index (κ2) is 6.39. The largest absolute Gasteiger partial charge is 0.335 e. The Morgan fingerprint density at radius 3 is 2.32 bits per heavy atom. The molecule has 0 spiro atoms. The third kappa shape index (κ3) is 3.55. The number of hydrogen-bond acceptors (Lipinski definition) is 5. The van der Waals surface area contributed by atoms with Gasteiger partial charge in [0, 0.05) is 5.69 Å². The normalized spacial score (nSPS) is 8.47. The molecule has 0 bridgehead atoms. The molecule has 0 aromatic heterocycles. The van der Waals surface area contributed by atoms with Gasteiger partial charge in [0.05, 0.1) is 17.2 Å². The molecular weight excluding hydrogens is 246 g/mol. The maximum absolute atomic E-state index is 11.4. The summed E-state index contributed by atoms with van der Waals surface area (Å²) in [6.45, 7) is -0.275. The second-order valence-electron chi connectivity index (χ2n) is 3.28. The Hall–Kier alpha value is -3.37. The fraction of sp³-hybridized carbons (Fsp3) is 0.0833. The number of nitrogens with zero attached hydrogens (tertiary/aromatic N) is 3. The van der Waals surface area contributed by atoms with Gasteiger partial charge in [0.25, 0.3) is 0 Å². The molecule has 0 aliphatic heterocycles. The quantitative estimate of drug-likeness (QED) is 0.566. The number of nitriles is 3. The second-order valence-corrected chi connectivity index (χ2v) is 3.28. The minimum absolute atomic E-state index is 0.0951. The van der Waals surface area contributed by atoms with Gasteiger partial charge in [0.15, 0.2) is 0 Å². The Morgan fingerprint density at radius 2 is 1.74 bits per heavy atom. The number of hydrogen-bond donors (Lipinski definition) is 2. The maximum atomic E-state index is 11.4. The van der Waals surface area contributed by atoms with Crippen LogP contribution in [0.3, 0.4) is 0 Å². The summed E-state index contributed by atoms with van der Waals surface area (Å²) >= 11 is 0. The van der Waals surface area contributed by atoms with Crippen molar-refractivity contribution in [2.75, 3.05) is 11.9 Å². The van der Waals surface area contributed by atoms with Crippen LogP contribution in [0.2, 0.25) is 0 Å². The zero-order valence-corrected chi connectivity index (χ0v) is 9.60. The van der Waals surface area contributed by atoms with Gasteiger partial charge in [-0.1, -0.05) is 0 Å². The molecule has 0 saturated carbocycles. The van der Waals surface area contributed by atoms with E-state index in [4.69, 9.17) is 15.8 Å². The molecule has 0 heterocycles. The third-order valence-electron chi connectivity index (χ3n) is 2.05. The fourth-order valence-corrected chi connectivity index (χ4v) is 1.20. The number of anilines is 1. The molecule has 2 amide bonds.